The second kappa shape index (κ2) is 12.3. The molecule has 180 valence electrons. The highest BCUT2D eigenvalue weighted by molar-refractivity contribution is 6.39. The van der Waals surface area contributed by atoms with Crippen molar-refractivity contribution in [3.8, 4) is 5.75 Å². The summed E-state index contributed by atoms with van der Waals surface area (Å²) in [5.41, 5.74) is 5.89. The molecule has 35 heavy (non-hydrogen) atoms. The summed E-state index contributed by atoms with van der Waals surface area (Å²) in [7, 11) is 0. The van der Waals surface area contributed by atoms with Gasteiger partial charge < -0.3 is 15.4 Å². The van der Waals surface area contributed by atoms with Gasteiger partial charge in [-0.25, -0.2) is 5.43 Å². The van der Waals surface area contributed by atoms with Crippen LogP contribution in [0.15, 0.2) is 71.8 Å². The molecule has 9 heteroatoms. The number of para-hydroxylation sites is 1. The Labute approximate surface area is 208 Å². The van der Waals surface area contributed by atoms with Gasteiger partial charge in [-0.2, -0.15) is 5.10 Å². The first-order valence-electron chi connectivity index (χ1n) is 10.9. The highest BCUT2D eigenvalue weighted by Gasteiger charge is 2.14. The molecule has 0 radical (unpaired) electrons. The number of carbonyl (C=O) groups excluding carboxylic acids is 3. The molecule has 0 saturated heterocycles. The van der Waals surface area contributed by atoms with Crippen LogP contribution in [0.25, 0.3) is 0 Å². The number of aryl methyl sites for hydroxylation is 2. The van der Waals surface area contributed by atoms with Crippen molar-refractivity contribution in [3.05, 3.63) is 88.4 Å². The molecule has 0 bridgehead atoms. The van der Waals surface area contributed by atoms with Crippen molar-refractivity contribution in [1.29, 1.82) is 0 Å². The van der Waals surface area contributed by atoms with Crippen LogP contribution >= 0.6 is 11.6 Å². The van der Waals surface area contributed by atoms with E-state index >= 15 is 0 Å². The maximum Gasteiger partial charge on any atom is 0.329 e. The predicted molar refractivity (Wildman–Crippen MR) is 137 cm³/mol. The minimum atomic E-state index is -0.881. The lowest BCUT2D eigenvalue weighted by molar-refractivity contribution is -0.136. The molecule has 3 aromatic rings. The van der Waals surface area contributed by atoms with E-state index in [0.717, 1.165) is 17.5 Å². The fraction of sp³-hybridized carbons (Fsp3) is 0.154. The normalized spacial score (nSPS) is 10.6. The molecule has 0 atom stereocenters. The molecule has 0 aliphatic rings. The first-order chi connectivity index (χ1) is 16.9. The summed E-state index contributed by atoms with van der Waals surface area (Å²) in [6.07, 6.45) is 2.12. The molecule has 0 saturated carbocycles. The number of anilines is 2. The average Bonchev–Trinajstić information content (AvgIpc) is 2.86. The molecule has 3 amide bonds. The van der Waals surface area contributed by atoms with E-state index in [4.69, 9.17) is 16.3 Å². The Morgan fingerprint density at radius 2 is 1.71 bits per heavy atom. The Kier molecular flexibility index (Phi) is 8.97. The molecule has 3 aromatic carbocycles. The summed E-state index contributed by atoms with van der Waals surface area (Å²) in [6, 6.07) is 19.2. The van der Waals surface area contributed by atoms with Crippen LogP contribution < -0.4 is 20.8 Å². The number of halogens is 1. The van der Waals surface area contributed by atoms with Crippen molar-refractivity contribution in [2.75, 3.05) is 17.2 Å². The Hall–Kier alpha value is -4.17. The molecule has 0 unspecified atom stereocenters. The molecule has 3 N–H and O–H groups in total. The second-order valence-corrected chi connectivity index (χ2v) is 7.94. The van der Waals surface area contributed by atoms with Crippen LogP contribution in [-0.4, -0.2) is 30.5 Å². The van der Waals surface area contributed by atoms with Gasteiger partial charge in [0.1, 0.15) is 5.75 Å². The average molecular weight is 493 g/mol. The smallest absolute Gasteiger partial charge is 0.329 e. The number of amides is 3. The summed E-state index contributed by atoms with van der Waals surface area (Å²) in [4.78, 5) is 36.2. The number of hydrogen-bond donors (Lipinski definition) is 3. The van der Waals surface area contributed by atoms with E-state index in [1.165, 1.54) is 6.21 Å². The molecule has 0 spiro atoms. The van der Waals surface area contributed by atoms with E-state index in [0.29, 0.717) is 27.7 Å². The van der Waals surface area contributed by atoms with Crippen LogP contribution in [-0.2, 0) is 20.8 Å². The van der Waals surface area contributed by atoms with Crippen molar-refractivity contribution in [2.24, 2.45) is 5.10 Å². The van der Waals surface area contributed by atoms with Crippen molar-refractivity contribution in [1.82, 2.24) is 5.43 Å². The minimum absolute atomic E-state index is 0.175. The lowest BCUT2D eigenvalue weighted by atomic mass is 10.1. The van der Waals surface area contributed by atoms with Crippen molar-refractivity contribution < 1.29 is 19.1 Å². The largest absolute Gasteiger partial charge is 0.484 e. The third-order valence-corrected chi connectivity index (χ3v) is 5.35. The van der Waals surface area contributed by atoms with Crippen LogP contribution in [0.5, 0.6) is 5.75 Å². The number of rotatable bonds is 8. The molecule has 0 fully saturated rings. The minimum Gasteiger partial charge on any atom is -0.484 e. The van der Waals surface area contributed by atoms with Crippen molar-refractivity contribution in [3.63, 3.8) is 0 Å². The maximum atomic E-state index is 12.1. The zero-order valence-corrected chi connectivity index (χ0v) is 20.1. The van der Waals surface area contributed by atoms with E-state index in [-0.39, 0.29) is 12.5 Å². The van der Waals surface area contributed by atoms with Crippen LogP contribution in [0.2, 0.25) is 5.02 Å². The number of hydrogen-bond acceptors (Lipinski definition) is 5. The van der Waals surface area contributed by atoms with Gasteiger partial charge in [-0.3, -0.25) is 14.4 Å². The van der Waals surface area contributed by atoms with Gasteiger partial charge in [0, 0.05) is 16.4 Å². The second-order valence-electron chi connectivity index (χ2n) is 7.53. The van der Waals surface area contributed by atoms with Crippen LogP contribution in [0.1, 0.15) is 23.6 Å². The SMILES string of the molecule is CCc1ccccc1NC(=O)C(=O)N/N=C\c1ccc(OCC(=O)Nc2ccc(C)c(Cl)c2)cc1. The number of hydrazone groups is 1. The first-order valence-corrected chi connectivity index (χ1v) is 11.2. The molecular weight excluding hydrogens is 468 g/mol. The van der Waals surface area contributed by atoms with E-state index in [1.54, 1.807) is 48.5 Å². The standard InChI is InChI=1S/C26H25ClN4O4/c1-3-19-6-4-5-7-23(19)30-25(33)26(34)31-28-15-18-9-12-21(13-10-18)35-16-24(32)29-20-11-8-17(2)22(27)14-20/h4-15H,3,16H2,1-2H3,(H,29,32)(H,30,33)(H,31,34)/b28-15-. The summed E-state index contributed by atoms with van der Waals surface area (Å²) in [5, 5.41) is 9.68. The molecule has 3 rings (SSSR count). The highest BCUT2D eigenvalue weighted by Crippen LogP contribution is 2.20. The topological polar surface area (TPSA) is 109 Å². The van der Waals surface area contributed by atoms with Crippen molar-refractivity contribution in [2.45, 2.75) is 20.3 Å². The fourth-order valence-corrected chi connectivity index (χ4v) is 3.19. The molecule has 0 aromatic heterocycles. The van der Waals surface area contributed by atoms with Gasteiger partial charge in [-0.05, 0) is 72.5 Å². The van der Waals surface area contributed by atoms with Crippen LogP contribution in [0.3, 0.4) is 0 Å². The van der Waals surface area contributed by atoms with Gasteiger partial charge in [-0.15, -0.1) is 0 Å². The van der Waals surface area contributed by atoms with Gasteiger partial charge in [0.15, 0.2) is 6.61 Å². The number of benzene rings is 3. The predicted octanol–water partition coefficient (Wildman–Crippen LogP) is 4.32. The summed E-state index contributed by atoms with van der Waals surface area (Å²) in [6.45, 7) is 3.66. The maximum absolute atomic E-state index is 12.1. The number of ether oxygens (including phenoxy) is 1. The molecule has 0 aliphatic carbocycles. The van der Waals surface area contributed by atoms with Crippen LogP contribution in [0, 0.1) is 6.92 Å². The molecule has 8 nitrogen and oxygen atoms in total. The zero-order chi connectivity index (χ0) is 25.2. The Morgan fingerprint density at radius 1 is 0.971 bits per heavy atom. The zero-order valence-electron chi connectivity index (χ0n) is 19.3. The fourth-order valence-electron chi connectivity index (χ4n) is 3.01. The van der Waals surface area contributed by atoms with Gasteiger partial charge in [0.2, 0.25) is 0 Å². The van der Waals surface area contributed by atoms with E-state index in [1.807, 2.05) is 32.0 Å². The van der Waals surface area contributed by atoms with Gasteiger partial charge in [-0.1, -0.05) is 42.8 Å². The molecule has 0 aliphatic heterocycles. The quantitative estimate of drug-likeness (QED) is 0.247. The Morgan fingerprint density at radius 3 is 2.43 bits per heavy atom. The third-order valence-electron chi connectivity index (χ3n) is 4.94. The number of nitrogens with zero attached hydrogens (tertiary/aromatic N) is 1. The summed E-state index contributed by atoms with van der Waals surface area (Å²) in [5.74, 6) is -1.53. The molecule has 0 heterocycles. The summed E-state index contributed by atoms with van der Waals surface area (Å²) >= 11 is 6.06. The van der Waals surface area contributed by atoms with E-state index in [2.05, 4.69) is 21.2 Å². The number of nitrogens with one attached hydrogen (secondary N) is 3. The van der Waals surface area contributed by atoms with Crippen molar-refractivity contribution >= 4 is 46.9 Å². The lowest BCUT2D eigenvalue weighted by Crippen LogP contribution is -2.32. The molecular formula is C26H25ClN4O4. The summed E-state index contributed by atoms with van der Waals surface area (Å²) < 4.78 is 5.49. The monoisotopic (exact) mass is 492 g/mol. The van der Waals surface area contributed by atoms with Gasteiger partial charge >= 0.3 is 11.8 Å². The van der Waals surface area contributed by atoms with Crippen LogP contribution in [0.4, 0.5) is 11.4 Å². The van der Waals surface area contributed by atoms with E-state index < -0.39 is 11.8 Å². The number of carbonyl (C=O) groups is 3. The Bertz CT molecular complexity index is 1240. The first kappa shape index (κ1) is 25.5. The van der Waals surface area contributed by atoms with E-state index in [9.17, 15) is 14.4 Å². The third kappa shape index (κ3) is 7.68. The lowest BCUT2D eigenvalue weighted by Gasteiger charge is -2.09. The Balaban J connectivity index is 1.44. The highest BCUT2D eigenvalue weighted by atomic mass is 35.5. The van der Waals surface area contributed by atoms with Gasteiger partial charge in [0.05, 0.1) is 6.21 Å². The van der Waals surface area contributed by atoms with Gasteiger partial charge in [0.25, 0.3) is 5.91 Å².